The molecule has 0 aliphatic heterocycles. The molecule has 0 heterocycles. The maximum absolute atomic E-state index is 11.6. The Balaban J connectivity index is 1.71. The van der Waals surface area contributed by atoms with Gasteiger partial charge in [-0.25, -0.2) is 0 Å². The van der Waals surface area contributed by atoms with Crippen molar-refractivity contribution in [3.05, 3.63) is 24.3 Å². The zero-order valence-corrected chi connectivity index (χ0v) is 11.0. The van der Waals surface area contributed by atoms with Crippen molar-refractivity contribution in [2.75, 3.05) is 20.3 Å². The first-order valence-electron chi connectivity index (χ1n) is 6.39. The molecule has 0 unspecified atom stereocenters. The van der Waals surface area contributed by atoms with Crippen molar-refractivity contribution in [3.8, 4) is 11.5 Å². The highest BCUT2D eigenvalue weighted by Gasteiger charge is 2.27. The van der Waals surface area contributed by atoms with Gasteiger partial charge < -0.3 is 19.9 Å². The molecule has 19 heavy (non-hydrogen) atoms. The van der Waals surface area contributed by atoms with Gasteiger partial charge in [-0.1, -0.05) is 12.1 Å². The van der Waals surface area contributed by atoms with Crippen molar-refractivity contribution in [3.63, 3.8) is 0 Å². The Morgan fingerprint density at radius 2 is 2.05 bits per heavy atom. The van der Waals surface area contributed by atoms with Gasteiger partial charge in [0.2, 0.25) is 0 Å². The SMILES string of the molecule is COc1ccccc1OCC(=O)NCC1CC(O)C1. The van der Waals surface area contributed by atoms with Crippen molar-refractivity contribution >= 4 is 5.91 Å². The Bertz CT molecular complexity index is 429. The van der Waals surface area contributed by atoms with Crippen LogP contribution in [0.4, 0.5) is 0 Å². The molecule has 0 aromatic heterocycles. The summed E-state index contributed by atoms with van der Waals surface area (Å²) in [4.78, 5) is 11.6. The lowest BCUT2D eigenvalue weighted by Gasteiger charge is -2.31. The van der Waals surface area contributed by atoms with Gasteiger partial charge in [-0.15, -0.1) is 0 Å². The second-order valence-electron chi connectivity index (χ2n) is 4.73. The van der Waals surface area contributed by atoms with Gasteiger partial charge in [0, 0.05) is 6.54 Å². The van der Waals surface area contributed by atoms with Crippen LogP contribution in [0.15, 0.2) is 24.3 Å². The van der Waals surface area contributed by atoms with Crippen LogP contribution in [-0.4, -0.2) is 37.4 Å². The number of ether oxygens (including phenoxy) is 2. The smallest absolute Gasteiger partial charge is 0.257 e. The van der Waals surface area contributed by atoms with Crippen LogP contribution in [0.2, 0.25) is 0 Å². The summed E-state index contributed by atoms with van der Waals surface area (Å²) in [7, 11) is 1.56. The van der Waals surface area contributed by atoms with Crippen LogP contribution in [0.5, 0.6) is 11.5 Å². The number of para-hydroxylation sites is 2. The Kier molecular flexibility index (Phi) is 4.63. The number of carbonyl (C=O) groups excluding carboxylic acids is 1. The molecule has 1 aliphatic carbocycles. The van der Waals surface area contributed by atoms with E-state index in [1.54, 1.807) is 19.2 Å². The number of methoxy groups -OCH3 is 1. The van der Waals surface area contributed by atoms with Crippen molar-refractivity contribution in [1.29, 1.82) is 0 Å². The quantitative estimate of drug-likeness (QED) is 0.804. The van der Waals surface area contributed by atoms with Crippen LogP contribution in [0.3, 0.4) is 0 Å². The average molecular weight is 265 g/mol. The van der Waals surface area contributed by atoms with E-state index in [0.29, 0.717) is 24.0 Å². The van der Waals surface area contributed by atoms with E-state index < -0.39 is 0 Å². The molecule has 0 bridgehead atoms. The van der Waals surface area contributed by atoms with Gasteiger partial charge in [0.15, 0.2) is 18.1 Å². The molecule has 1 aromatic rings. The van der Waals surface area contributed by atoms with Gasteiger partial charge in [0.05, 0.1) is 13.2 Å². The normalized spacial score (nSPS) is 21.4. The molecule has 1 amide bonds. The molecule has 5 heteroatoms. The summed E-state index contributed by atoms with van der Waals surface area (Å²) in [5.41, 5.74) is 0. The number of hydrogen-bond acceptors (Lipinski definition) is 4. The Morgan fingerprint density at radius 1 is 1.37 bits per heavy atom. The highest BCUT2D eigenvalue weighted by Crippen LogP contribution is 2.26. The molecule has 0 atom stereocenters. The minimum atomic E-state index is -0.188. The van der Waals surface area contributed by atoms with Gasteiger partial charge in [-0.05, 0) is 30.9 Å². The average Bonchev–Trinajstić information content (AvgIpc) is 2.40. The van der Waals surface area contributed by atoms with Gasteiger partial charge in [-0.2, -0.15) is 0 Å². The van der Waals surface area contributed by atoms with E-state index in [0.717, 1.165) is 12.8 Å². The number of aliphatic hydroxyl groups excluding tert-OH is 1. The zero-order valence-electron chi connectivity index (χ0n) is 11.0. The summed E-state index contributed by atoms with van der Waals surface area (Å²) in [6.45, 7) is 0.570. The van der Waals surface area contributed by atoms with E-state index >= 15 is 0 Å². The molecule has 2 N–H and O–H groups in total. The number of rotatable bonds is 6. The molecule has 0 spiro atoms. The van der Waals surface area contributed by atoms with Gasteiger partial charge in [0.25, 0.3) is 5.91 Å². The van der Waals surface area contributed by atoms with Crippen LogP contribution >= 0.6 is 0 Å². The fourth-order valence-corrected chi connectivity index (χ4v) is 2.06. The lowest BCUT2D eigenvalue weighted by Crippen LogP contribution is -2.39. The maximum atomic E-state index is 11.6. The third-order valence-corrected chi connectivity index (χ3v) is 3.23. The predicted octanol–water partition coefficient (Wildman–Crippen LogP) is 0.961. The third kappa shape index (κ3) is 3.86. The van der Waals surface area contributed by atoms with Crippen LogP contribution in [-0.2, 0) is 4.79 Å². The minimum absolute atomic E-state index is 0.0321. The van der Waals surface area contributed by atoms with Gasteiger partial charge >= 0.3 is 0 Å². The fourth-order valence-electron chi connectivity index (χ4n) is 2.06. The highest BCUT2D eigenvalue weighted by atomic mass is 16.5. The Hall–Kier alpha value is -1.75. The first-order valence-corrected chi connectivity index (χ1v) is 6.39. The van der Waals surface area contributed by atoms with Crippen molar-refractivity contribution in [2.45, 2.75) is 18.9 Å². The molecule has 1 fully saturated rings. The molecule has 1 saturated carbocycles. The van der Waals surface area contributed by atoms with E-state index in [1.165, 1.54) is 0 Å². The number of aliphatic hydroxyl groups is 1. The zero-order chi connectivity index (χ0) is 13.7. The standard InChI is InChI=1S/C14H19NO4/c1-18-12-4-2-3-5-13(12)19-9-14(17)15-8-10-6-11(16)7-10/h2-5,10-11,16H,6-9H2,1H3,(H,15,17). The molecule has 0 radical (unpaired) electrons. The monoisotopic (exact) mass is 265 g/mol. The third-order valence-electron chi connectivity index (χ3n) is 3.23. The summed E-state index contributed by atoms with van der Waals surface area (Å²) in [6.07, 6.45) is 1.35. The summed E-state index contributed by atoms with van der Waals surface area (Å²) in [5, 5.41) is 11.9. The second kappa shape index (κ2) is 6.43. The second-order valence-corrected chi connectivity index (χ2v) is 4.73. The number of hydrogen-bond donors (Lipinski definition) is 2. The van der Waals surface area contributed by atoms with E-state index in [1.807, 2.05) is 12.1 Å². The first-order chi connectivity index (χ1) is 9.19. The molecule has 0 saturated heterocycles. The molecular weight excluding hydrogens is 246 g/mol. The van der Waals surface area contributed by atoms with E-state index in [4.69, 9.17) is 14.6 Å². The summed E-state index contributed by atoms with van der Waals surface area (Å²) >= 11 is 0. The lowest BCUT2D eigenvalue weighted by atomic mass is 9.82. The van der Waals surface area contributed by atoms with Crippen LogP contribution < -0.4 is 14.8 Å². The van der Waals surface area contributed by atoms with E-state index in [9.17, 15) is 4.79 Å². The molecular formula is C14H19NO4. The van der Waals surface area contributed by atoms with E-state index in [2.05, 4.69) is 5.32 Å². The molecule has 1 aromatic carbocycles. The summed E-state index contributed by atoms with van der Waals surface area (Å²) < 4.78 is 10.5. The van der Waals surface area contributed by atoms with Crippen LogP contribution in [0, 0.1) is 5.92 Å². The number of nitrogens with one attached hydrogen (secondary N) is 1. The largest absolute Gasteiger partial charge is 0.493 e. The number of amides is 1. The first kappa shape index (κ1) is 13.7. The van der Waals surface area contributed by atoms with Crippen molar-refractivity contribution in [2.24, 2.45) is 5.92 Å². The predicted molar refractivity (Wildman–Crippen MR) is 70.2 cm³/mol. The van der Waals surface area contributed by atoms with Crippen molar-refractivity contribution in [1.82, 2.24) is 5.32 Å². The topological polar surface area (TPSA) is 67.8 Å². The minimum Gasteiger partial charge on any atom is -0.493 e. The lowest BCUT2D eigenvalue weighted by molar-refractivity contribution is -0.123. The Labute approximate surface area is 112 Å². The van der Waals surface area contributed by atoms with Crippen LogP contribution in [0.1, 0.15) is 12.8 Å². The van der Waals surface area contributed by atoms with Gasteiger partial charge in [0.1, 0.15) is 0 Å². The molecule has 5 nitrogen and oxygen atoms in total. The fraction of sp³-hybridized carbons (Fsp3) is 0.500. The highest BCUT2D eigenvalue weighted by molar-refractivity contribution is 5.77. The maximum Gasteiger partial charge on any atom is 0.257 e. The summed E-state index contributed by atoms with van der Waals surface area (Å²) in [6, 6.07) is 7.20. The number of carbonyl (C=O) groups is 1. The number of benzene rings is 1. The summed E-state index contributed by atoms with van der Waals surface area (Å²) in [5.74, 6) is 1.40. The van der Waals surface area contributed by atoms with Crippen LogP contribution in [0.25, 0.3) is 0 Å². The molecule has 1 aliphatic rings. The van der Waals surface area contributed by atoms with Gasteiger partial charge in [-0.3, -0.25) is 4.79 Å². The Morgan fingerprint density at radius 3 is 2.68 bits per heavy atom. The van der Waals surface area contributed by atoms with Crippen molar-refractivity contribution < 1.29 is 19.4 Å². The molecule has 104 valence electrons. The molecule has 2 rings (SSSR count). The van der Waals surface area contributed by atoms with E-state index in [-0.39, 0.29) is 18.6 Å².